The van der Waals surface area contributed by atoms with Crippen molar-refractivity contribution in [2.45, 2.75) is 13.8 Å². The number of nitrogens with zero attached hydrogens (tertiary/aromatic N) is 1. The Morgan fingerprint density at radius 1 is 0.634 bits per heavy atom. The zero-order valence-electron chi connectivity index (χ0n) is 23.8. The Morgan fingerprint density at radius 2 is 1.20 bits per heavy atom. The van der Waals surface area contributed by atoms with E-state index in [2.05, 4.69) is 56.3 Å². The molecule has 0 fully saturated rings. The Bertz CT molecular complexity index is 2030. The summed E-state index contributed by atoms with van der Waals surface area (Å²) in [6, 6.07) is 33.5. The summed E-state index contributed by atoms with van der Waals surface area (Å²) < 4.78 is 7.43. The molecule has 4 nitrogen and oxygen atoms in total. The van der Waals surface area contributed by atoms with Crippen molar-refractivity contribution in [2.75, 3.05) is 5.73 Å². The van der Waals surface area contributed by atoms with Gasteiger partial charge in [0.15, 0.2) is 0 Å². The fourth-order valence-electron chi connectivity index (χ4n) is 5.47. The van der Waals surface area contributed by atoms with Crippen LogP contribution in [0.25, 0.3) is 55.4 Å². The molecule has 1 aromatic heterocycles. The fourth-order valence-corrected chi connectivity index (χ4v) is 5.47. The molecule has 4 heteroatoms. The topological polar surface area (TPSA) is 73.1 Å². The van der Waals surface area contributed by atoms with Crippen LogP contribution in [0.15, 0.2) is 109 Å². The van der Waals surface area contributed by atoms with E-state index in [1.807, 2.05) is 42.6 Å². The molecule has 0 aliphatic heterocycles. The number of aldehydes is 2. The molecular weight excluding hydrogens is 504 g/mol. The highest BCUT2D eigenvalue weighted by Gasteiger charge is 2.12. The lowest BCUT2D eigenvalue weighted by Gasteiger charge is -2.13. The molecule has 6 aromatic rings. The zero-order chi connectivity index (χ0) is 29.4. The summed E-state index contributed by atoms with van der Waals surface area (Å²) in [5, 5.41) is 0.954. The van der Waals surface area contributed by atoms with Crippen molar-refractivity contribution in [1.29, 1.82) is 0 Å². The number of nitrogens with two attached hydrogens (primary N) is 1. The maximum atomic E-state index is 11.5. The molecule has 0 aliphatic carbocycles. The van der Waals surface area contributed by atoms with E-state index in [1.54, 1.807) is 24.3 Å². The van der Waals surface area contributed by atoms with Crippen molar-refractivity contribution in [1.82, 2.24) is 4.98 Å². The highest BCUT2D eigenvalue weighted by atomic mass is 16.1. The molecule has 0 saturated heterocycles. The summed E-state index contributed by atoms with van der Waals surface area (Å²) in [6.07, 6.45) is 2.03. The molecule has 0 atom stereocenters. The van der Waals surface area contributed by atoms with Crippen molar-refractivity contribution in [3.63, 3.8) is 0 Å². The smallest absolute Gasteiger partial charge is 0.150 e. The Morgan fingerprint density at radius 3 is 1.80 bits per heavy atom. The Kier molecular flexibility index (Phi) is 6.42. The molecule has 0 bridgehead atoms. The first kappa shape index (κ1) is 24.7. The van der Waals surface area contributed by atoms with Crippen molar-refractivity contribution < 1.29 is 11.0 Å². The molecule has 5 aromatic carbocycles. The zero-order valence-corrected chi connectivity index (χ0v) is 22.8. The van der Waals surface area contributed by atoms with Crippen LogP contribution in [0.1, 0.15) is 33.2 Å². The van der Waals surface area contributed by atoms with E-state index in [9.17, 15) is 9.59 Å². The van der Waals surface area contributed by atoms with Crippen LogP contribution in [0, 0.1) is 13.8 Å². The molecule has 6 rings (SSSR count). The number of aryl methyl sites for hydroxylation is 2. The molecule has 2 N–H and O–H groups in total. The molecule has 0 amide bonds. The summed E-state index contributed by atoms with van der Waals surface area (Å²) in [7, 11) is 0. The second-order valence-corrected chi connectivity index (χ2v) is 10.3. The van der Waals surface area contributed by atoms with Crippen LogP contribution in [0.2, 0.25) is 0 Å². The monoisotopic (exact) mass is 533 g/mol. The second-order valence-electron chi connectivity index (χ2n) is 10.3. The second kappa shape index (κ2) is 10.7. The SMILES string of the molecule is [2H]C(=O)c1cccc(-c2ccc(-c3cc(N)c4ncc(-c5ccc(-c6cccc(C=O)c6)cc5C)cc4c3)c(C)c2)c1. The van der Waals surface area contributed by atoms with Crippen LogP contribution in [0.4, 0.5) is 5.69 Å². The van der Waals surface area contributed by atoms with Gasteiger partial charge < -0.3 is 5.73 Å². The van der Waals surface area contributed by atoms with Gasteiger partial charge in [-0.2, -0.15) is 0 Å². The summed E-state index contributed by atoms with van der Waals surface area (Å²) >= 11 is 0. The third-order valence-electron chi connectivity index (χ3n) is 7.56. The maximum Gasteiger partial charge on any atom is 0.150 e. The number of carbonyl (C=O) groups excluding carboxylic acids is 2. The summed E-state index contributed by atoms with van der Waals surface area (Å²) in [6.45, 7) is 4.14. The molecule has 198 valence electrons. The molecule has 0 spiro atoms. The average Bonchev–Trinajstić information content (AvgIpc) is 3.00. The van der Waals surface area contributed by atoms with Crippen LogP contribution in [0.3, 0.4) is 0 Å². The van der Waals surface area contributed by atoms with Gasteiger partial charge in [-0.15, -0.1) is 0 Å². The third kappa shape index (κ3) is 5.04. The number of anilines is 1. The molecule has 0 saturated carbocycles. The van der Waals surface area contributed by atoms with Gasteiger partial charge in [0.2, 0.25) is 0 Å². The Labute approximate surface area is 240 Å². The number of aromatic nitrogens is 1. The standard InChI is InChI=1S/C37H28N2O2/c1-23-13-29(27-7-3-5-25(15-27)21-40)9-11-34(23)31-17-32-18-33(20-39-37(32)36(38)19-31)35-12-10-30(14-24(35)2)28-8-4-6-26(16-28)22-41/h3-22H,38H2,1-2H3/i21D. The molecule has 41 heavy (non-hydrogen) atoms. The van der Waals surface area contributed by atoms with Crippen LogP contribution in [-0.2, 0) is 0 Å². The fraction of sp³-hybridized carbons (Fsp3) is 0.0541. The molecule has 0 aliphatic rings. The van der Waals surface area contributed by atoms with Gasteiger partial charge in [0.25, 0.3) is 0 Å². The van der Waals surface area contributed by atoms with Crippen LogP contribution < -0.4 is 5.73 Å². The summed E-state index contributed by atoms with van der Waals surface area (Å²) in [4.78, 5) is 27.5. The van der Waals surface area contributed by atoms with Crippen LogP contribution in [0.5, 0.6) is 0 Å². The van der Waals surface area contributed by atoms with Gasteiger partial charge in [-0.1, -0.05) is 72.8 Å². The average molecular weight is 534 g/mol. The van der Waals surface area contributed by atoms with Gasteiger partial charge in [-0.3, -0.25) is 14.6 Å². The number of hydrogen-bond donors (Lipinski definition) is 1. The largest absolute Gasteiger partial charge is 0.397 e. The molecule has 0 unspecified atom stereocenters. The first-order chi connectivity index (χ1) is 20.3. The Hall–Kier alpha value is -5.35. The van der Waals surface area contributed by atoms with E-state index in [1.165, 1.54) is 0 Å². The van der Waals surface area contributed by atoms with Crippen molar-refractivity contribution in [3.8, 4) is 44.5 Å². The van der Waals surface area contributed by atoms with Crippen molar-refractivity contribution in [2.24, 2.45) is 0 Å². The van der Waals surface area contributed by atoms with E-state index in [-0.39, 0.29) is 0 Å². The number of hydrogen-bond acceptors (Lipinski definition) is 4. The van der Waals surface area contributed by atoms with Gasteiger partial charge in [0.05, 0.1) is 11.2 Å². The molecule has 0 radical (unpaired) electrons. The predicted octanol–water partition coefficient (Wildman–Crippen LogP) is 8.73. The lowest BCUT2D eigenvalue weighted by Crippen LogP contribution is -1.94. The van der Waals surface area contributed by atoms with E-state index in [4.69, 9.17) is 12.1 Å². The number of nitrogen functional groups attached to an aromatic ring is 1. The summed E-state index contributed by atoms with van der Waals surface area (Å²) in [5.74, 6) is 0. The minimum absolute atomic E-state index is 0.372. The predicted molar refractivity (Wildman–Crippen MR) is 168 cm³/mol. The number of fused-ring (bicyclic) bond motifs is 1. The van der Waals surface area contributed by atoms with Crippen LogP contribution in [-0.4, -0.2) is 17.5 Å². The van der Waals surface area contributed by atoms with Gasteiger partial charge in [0, 0.05) is 28.3 Å². The normalized spacial score (nSPS) is 11.3. The Balaban J connectivity index is 1.36. The van der Waals surface area contributed by atoms with Gasteiger partial charge >= 0.3 is 0 Å². The summed E-state index contributed by atoms with van der Waals surface area (Å²) in [5.41, 5.74) is 19.1. The lowest BCUT2D eigenvalue weighted by atomic mass is 9.93. The molecule has 1 heterocycles. The minimum atomic E-state index is -0.694. The highest BCUT2D eigenvalue weighted by molar-refractivity contribution is 5.96. The van der Waals surface area contributed by atoms with Gasteiger partial charge in [-0.05, 0) is 94.3 Å². The van der Waals surface area contributed by atoms with Crippen molar-refractivity contribution >= 4 is 29.1 Å². The van der Waals surface area contributed by atoms with E-state index >= 15 is 0 Å². The number of rotatable bonds is 6. The highest BCUT2D eigenvalue weighted by Crippen LogP contribution is 2.35. The minimum Gasteiger partial charge on any atom is -0.397 e. The number of benzene rings is 5. The maximum absolute atomic E-state index is 11.5. The van der Waals surface area contributed by atoms with Crippen LogP contribution >= 0.6 is 0 Å². The lowest BCUT2D eigenvalue weighted by molar-refractivity contribution is 0.111. The first-order valence-electron chi connectivity index (χ1n) is 13.9. The van der Waals surface area contributed by atoms with Gasteiger partial charge in [0.1, 0.15) is 13.9 Å². The van der Waals surface area contributed by atoms with Crippen molar-refractivity contribution in [3.05, 3.63) is 132 Å². The third-order valence-corrected chi connectivity index (χ3v) is 7.56. The van der Waals surface area contributed by atoms with E-state index in [0.29, 0.717) is 16.8 Å². The van der Waals surface area contributed by atoms with E-state index < -0.39 is 6.26 Å². The van der Waals surface area contributed by atoms with E-state index in [0.717, 1.165) is 72.8 Å². The number of carbonyl (C=O) groups is 2. The van der Waals surface area contributed by atoms with Gasteiger partial charge in [-0.25, -0.2) is 0 Å². The number of pyridine rings is 1. The quantitative estimate of drug-likeness (QED) is 0.172. The first-order valence-corrected chi connectivity index (χ1v) is 13.4. The molecular formula is C37H28N2O2.